The van der Waals surface area contributed by atoms with Gasteiger partial charge in [-0.05, 0) is 54.3 Å². The van der Waals surface area contributed by atoms with Crippen molar-refractivity contribution >= 4 is 31.2 Å². The van der Waals surface area contributed by atoms with Crippen LogP contribution in [0.4, 0.5) is 0 Å². The van der Waals surface area contributed by atoms with E-state index in [1.54, 1.807) is 11.8 Å². The molecule has 0 aliphatic carbocycles. The van der Waals surface area contributed by atoms with Crippen LogP contribution in [0.2, 0.25) is 5.02 Å². The standard InChI is InChI=1S/C24H27ClNO6PS/c25-23-14-22(10-9-19(23)11-12-24(26,16-27)17-32-33(28,29)30)34-21-8-4-7-20(13-21)31-15-18-5-2-1-3-6-18/h1-10,13-14,27H,11-12,15-17,26H2,(H2,28,29,30)/t24-/m1/s1. The van der Waals surface area contributed by atoms with Crippen LogP contribution in [0.3, 0.4) is 0 Å². The van der Waals surface area contributed by atoms with Crippen LogP contribution in [0.1, 0.15) is 17.5 Å². The highest BCUT2D eigenvalue weighted by Gasteiger charge is 2.28. The van der Waals surface area contributed by atoms with E-state index in [4.69, 9.17) is 31.9 Å². The number of hydrogen-bond donors (Lipinski definition) is 4. The summed E-state index contributed by atoms with van der Waals surface area (Å²) in [6.45, 7) is -0.464. The van der Waals surface area contributed by atoms with E-state index in [9.17, 15) is 9.67 Å². The first-order valence-corrected chi connectivity index (χ1v) is 13.2. The molecule has 0 fully saturated rings. The Kier molecular flexibility index (Phi) is 9.59. The second kappa shape index (κ2) is 12.2. The Bertz CT molecular complexity index is 1130. The molecular weight excluding hydrogens is 497 g/mol. The number of rotatable bonds is 12. The van der Waals surface area contributed by atoms with Crippen LogP contribution >= 0.6 is 31.2 Å². The van der Waals surface area contributed by atoms with E-state index in [-0.39, 0.29) is 6.42 Å². The molecule has 10 heteroatoms. The molecule has 0 aliphatic heterocycles. The average Bonchev–Trinajstić information content (AvgIpc) is 2.81. The third-order valence-corrected chi connectivity index (χ3v) is 6.84. The summed E-state index contributed by atoms with van der Waals surface area (Å²) in [6.07, 6.45) is 0.644. The van der Waals surface area contributed by atoms with E-state index in [1.807, 2.05) is 72.8 Å². The molecule has 34 heavy (non-hydrogen) atoms. The molecule has 7 nitrogen and oxygen atoms in total. The fourth-order valence-corrected chi connectivity index (χ4v) is 4.76. The van der Waals surface area contributed by atoms with Crippen molar-refractivity contribution in [3.8, 4) is 5.75 Å². The minimum Gasteiger partial charge on any atom is -0.489 e. The Morgan fingerprint density at radius 3 is 2.41 bits per heavy atom. The normalized spacial score (nSPS) is 13.4. The third-order valence-electron chi connectivity index (χ3n) is 5.04. The number of aryl methyl sites for hydroxylation is 1. The van der Waals surface area contributed by atoms with Crippen molar-refractivity contribution in [1.29, 1.82) is 0 Å². The van der Waals surface area contributed by atoms with Gasteiger partial charge in [-0.2, -0.15) is 0 Å². The number of hydrogen-bond acceptors (Lipinski definition) is 6. The lowest BCUT2D eigenvalue weighted by molar-refractivity contribution is 0.102. The molecule has 182 valence electrons. The SMILES string of the molecule is N[C@@](CO)(CCc1ccc(Sc2cccc(OCc3ccccc3)c2)cc1Cl)COP(=O)(O)O. The molecule has 0 radical (unpaired) electrons. The van der Waals surface area contributed by atoms with Crippen molar-refractivity contribution in [3.63, 3.8) is 0 Å². The zero-order valence-electron chi connectivity index (χ0n) is 18.3. The first kappa shape index (κ1) is 26.7. The molecule has 5 N–H and O–H groups in total. The second-order valence-electron chi connectivity index (χ2n) is 7.89. The van der Waals surface area contributed by atoms with E-state index in [1.165, 1.54) is 0 Å². The number of aliphatic hydroxyl groups is 1. The Morgan fingerprint density at radius 2 is 1.74 bits per heavy atom. The summed E-state index contributed by atoms with van der Waals surface area (Å²) in [6, 6.07) is 23.4. The summed E-state index contributed by atoms with van der Waals surface area (Å²) < 4.78 is 21.3. The zero-order valence-corrected chi connectivity index (χ0v) is 20.8. The summed E-state index contributed by atoms with van der Waals surface area (Å²) in [4.78, 5) is 19.7. The zero-order chi connectivity index (χ0) is 24.6. The molecule has 1 atom stereocenters. The van der Waals surface area contributed by atoms with Crippen molar-refractivity contribution < 1.29 is 28.7 Å². The third kappa shape index (κ3) is 8.73. The molecule has 0 aliphatic rings. The first-order valence-electron chi connectivity index (χ1n) is 10.5. The number of ether oxygens (including phenoxy) is 1. The maximum absolute atomic E-state index is 10.9. The van der Waals surface area contributed by atoms with Crippen LogP contribution in [-0.4, -0.2) is 33.6 Å². The van der Waals surface area contributed by atoms with E-state index in [0.717, 1.165) is 26.7 Å². The Hall–Kier alpha value is -1.87. The lowest BCUT2D eigenvalue weighted by Gasteiger charge is -2.27. The van der Waals surface area contributed by atoms with Crippen LogP contribution in [0, 0.1) is 0 Å². The average molecular weight is 524 g/mol. The highest BCUT2D eigenvalue weighted by atomic mass is 35.5. The molecule has 3 aromatic carbocycles. The Labute approximate surface area is 208 Å². The predicted octanol–water partition coefficient (Wildman–Crippen LogP) is 4.80. The van der Waals surface area contributed by atoms with Crippen molar-refractivity contribution in [1.82, 2.24) is 0 Å². The van der Waals surface area contributed by atoms with Crippen molar-refractivity contribution in [2.24, 2.45) is 5.73 Å². The highest BCUT2D eigenvalue weighted by molar-refractivity contribution is 7.99. The lowest BCUT2D eigenvalue weighted by Crippen LogP contribution is -2.48. The number of phosphoric ester groups is 1. The summed E-state index contributed by atoms with van der Waals surface area (Å²) in [7, 11) is -4.67. The van der Waals surface area contributed by atoms with Gasteiger partial charge in [-0.25, -0.2) is 4.57 Å². The number of aliphatic hydroxyl groups excluding tert-OH is 1. The summed E-state index contributed by atoms with van der Waals surface area (Å²) in [5.74, 6) is 0.775. The van der Waals surface area contributed by atoms with Gasteiger partial charge in [-0.3, -0.25) is 4.52 Å². The fourth-order valence-electron chi connectivity index (χ4n) is 3.09. The van der Waals surface area contributed by atoms with Gasteiger partial charge in [0.15, 0.2) is 0 Å². The van der Waals surface area contributed by atoms with Gasteiger partial charge in [-0.1, -0.05) is 65.8 Å². The maximum Gasteiger partial charge on any atom is 0.469 e. The number of benzene rings is 3. The minimum atomic E-state index is -4.67. The molecule has 0 spiro atoms. The van der Waals surface area contributed by atoms with Crippen LogP contribution in [0.5, 0.6) is 5.75 Å². The molecule has 0 unspecified atom stereocenters. The van der Waals surface area contributed by atoms with Crippen LogP contribution < -0.4 is 10.5 Å². The first-order chi connectivity index (χ1) is 16.2. The monoisotopic (exact) mass is 523 g/mol. The fraction of sp³-hybridized carbons (Fsp3) is 0.250. The van der Waals surface area contributed by atoms with Gasteiger partial charge in [0.1, 0.15) is 12.4 Å². The number of nitrogens with two attached hydrogens (primary N) is 1. The van der Waals surface area contributed by atoms with Gasteiger partial charge in [0.2, 0.25) is 0 Å². The summed E-state index contributed by atoms with van der Waals surface area (Å²) in [5, 5.41) is 10.1. The summed E-state index contributed by atoms with van der Waals surface area (Å²) >= 11 is 8.02. The van der Waals surface area contributed by atoms with Gasteiger partial charge in [-0.15, -0.1) is 0 Å². The molecular formula is C24H27ClNO6PS. The van der Waals surface area contributed by atoms with E-state index < -0.39 is 26.6 Å². The molecule has 0 bridgehead atoms. The predicted molar refractivity (Wildman–Crippen MR) is 133 cm³/mol. The van der Waals surface area contributed by atoms with Gasteiger partial charge < -0.3 is 25.4 Å². The highest BCUT2D eigenvalue weighted by Crippen LogP contribution is 2.37. The lowest BCUT2D eigenvalue weighted by atomic mass is 9.94. The Morgan fingerprint density at radius 1 is 1.00 bits per heavy atom. The van der Waals surface area contributed by atoms with E-state index in [0.29, 0.717) is 18.1 Å². The minimum absolute atomic E-state index is 0.233. The molecule has 0 heterocycles. The molecule has 0 saturated heterocycles. The van der Waals surface area contributed by atoms with E-state index in [2.05, 4.69) is 4.52 Å². The smallest absolute Gasteiger partial charge is 0.469 e. The largest absolute Gasteiger partial charge is 0.489 e. The van der Waals surface area contributed by atoms with Crippen molar-refractivity contribution in [2.75, 3.05) is 13.2 Å². The van der Waals surface area contributed by atoms with Gasteiger partial charge in [0, 0.05) is 14.8 Å². The van der Waals surface area contributed by atoms with Crippen LogP contribution in [-0.2, 0) is 22.1 Å². The van der Waals surface area contributed by atoms with Gasteiger partial charge >= 0.3 is 7.82 Å². The molecule has 0 amide bonds. The number of phosphoric acid groups is 1. The number of halogens is 1. The molecule has 3 aromatic rings. The quantitative estimate of drug-likeness (QED) is 0.250. The van der Waals surface area contributed by atoms with E-state index >= 15 is 0 Å². The second-order valence-corrected chi connectivity index (χ2v) is 10.7. The van der Waals surface area contributed by atoms with Gasteiger partial charge in [0.05, 0.1) is 18.8 Å². The maximum atomic E-state index is 10.9. The Balaban J connectivity index is 1.59. The molecule has 0 aromatic heterocycles. The summed E-state index contributed by atoms with van der Waals surface area (Å²) in [5.41, 5.74) is 6.65. The van der Waals surface area contributed by atoms with Crippen LogP contribution in [0.15, 0.2) is 82.6 Å². The molecule has 0 saturated carbocycles. The molecule has 3 rings (SSSR count). The topological polar surface area (TPSA) is 122 Å². The van der Waals surface area contributed by atoms with Crippen molar-refractivity contribution in [3.05, 3.63) is 88.9 Å². The van der Waals surface area contributed by atoms with Gasteiger partial charge in [0.25, 0.3) is 0 Å². The van der Waals surface area contributed by atoms with Crippen LogP contribution in [0.25, 0.3) is 0 Å². The van der Waals surface area contributed by atoms with Crippen molar-refractivity contribution in [2.45, 2.75) is 34.8 Å².